The molecule has 1 saturated heterocycles. The summed E-state index contributed by atoms with van der Waals surface area (Å²) in [5.41, 5.74) is 0.639. The Morgan fingerprint density at radius 1 is 1.00 bits per heavy atom. The summed E-state index contributed by atoms with van der Waals surface area (Å²) < 4.78 is 27.9. The van der Waals surface area contributed by atoms with E-state index in [0.717, 1.165) is 19.6 Å². The Balaban J connectivity index is 1.85. The molecule has 30 heavy (non-hydrogen) atoms. The predicted octanol–water partition coefficient (Wildman–Crippen LogP) is 3.35. The average Bonchev–Trinajstić information content (AvgIpc) is 2.75. The minimum atomic E-state index is -3.92. The van der Waals surface area contributed by atoms with Gasteiger partial charge in [0.05, 0.1) is 11.4 Å². The van der Waals surface area contributed by atoms with Crippen LogP contribution in [0.3, 0.4) is 0 Å². The summed E-state index contributed by atoms with van der Waals surface area (Å²) in [6.07, 6.45) is 0. The van der Waals surface area contributed by atoms with Gasteiger partial charge >= 0.3 is 0 Å². The molecule has 0 aromatic heterocycles. The molecule has 1 aliphatic heterocycles. The van der Waals surface area contributed by atoms with Crippen molar-refractivity contribution in [2.24, 2.45) is 0 Å². The minimum Gasteiger partial charge on any atom is -0.339 e. The van der Waals surface area contributed by atoms with Gasteiger partial charge in [-0.1, -0.05) is 48.3 Å². The lowest BCUT2D eigenvalue weighted by atomic mass is 10.2. The maximum absolute atomic E-state index is 13.3. The molecule has 162 valence electrons. The van der Waals surface area contributed by atoms with E-state index in [1.54, 1.807) is 29.2 Å². The van der Waals surface area contributed by atoms with Crippen LogP contribution in [-0.2, 0) is 21.4 Å². The molecule has 3 rings (SSSR count). The number of likely N-dealkylation sites (N-methyl/N-ethyl adjacent to an activating group) is 1. The number of carbonyl (C=O) groups is 1. The molecular weight excluding hydrogens is 445 g/mol. The number of carbonyl (C=O) groups excluding carboxylic acids is 1. The lowest BCUT2D eigenvalue weighted by molar-refractivity contribution is -0.133. The molecule has 2 aromatic carbocycles. The van der Waals surface area contributed by atoms with Crippen LogP contribution >= 0.6 is 23.2 Å². The Morgan fingerprint density at radius 3 is 2.23 bits per heavy atom. The first-order valence-electron chi connectivity index (χ1n) is 9.80. The van der Waals surface area contributed by atoms with Gasteiger partial charge in [-0.15, -0.1) is 0 Å². The van der Waals surface area contributed by atoms with Crippen LogP contribution in [0.5, 0.6) is 0 Å². The van der Waals surface area contributed by atoms with E-state index in [0.29, 0.717) is 28.7 Å². The van der Waals surface area contributed by atoms with Gasteiger partial charge in [-0.05, 0) is 42.4 Å². The summed E-state index contributed by atoms with van der Waals surface area (Å²) in [6, 6.07) is 13.0. The van der Waals surface area contributed by atoms with Crippen LogP contribution < -0.4 is 0 Å². The lowest BCUT2D eigenvalue weighted by Gasteiger charge is -2.35. The highest BCUT2D eigenvalue weighted by Crippen LogP contribution is 2.24. The van der Waals surface area contributed by atoms with Crippen molar-refractivity contribution in [1.82, 2.24) is 14.1 Å². The molecule has 2 aromatic rings. The molecule has 0 spiro atoms. The van der Waals surface area contributed by atoms with Crippen molar-refractivity contribution < 1.29 is 13.2 Å². The van der Waals surface area contributed by atoms with Gasteiger partial charge in [-0.25, -0.2) is 8.42 Å². The van der Waals surface area contributed by atoms with Crippen LogP contribution in [0.1, 0.15) is 12.5 Å². The molecular formula is C21H25Cl2N3O3S. The third-order valence-electron chi connectivity index (χ3n) is 5.24. The largest absolute Gasteiger partial charge is 0.339 e. The summed E-state index contributed by atoms with van der Waals surface area (Å²) in [6.45, 7) is 5.54. The molecule has 0 atom stereocenters. The zero-order valence-corrected chi connectivity index (χ0v) is 19.1. The van der Waals surface area contributed by atoms with Crippen molar-refractivity contribution in [3.8, 4) is 0 Å². The Hall–Kier alpha value is -1.64. The van der Waals surface area contributed by atoms with Crippen LogP contribution in [0.15, 0.2) is 53.4 Å². The SMILES string of the molecule is CCN1CCN(C(=O)CN(Cc2ccccc2Cl)S(=O)(=O)c2ccc(Cl)cc2)CC1. The number of hydrogen-bond donors (Lipinski definition) is 0. The number of halogens is 2. The quantitative estimate of drug-likeness (QED) is 0.623. The monoisotopic (exact) mass is 469 g/mol. The maximum Gasteiger partial charge on any atom is 0.243 e. The summed E-state index contributed by atoms with van der Waals surface area (Å²) in [7, 11) is -3.92. The zero-order valence-electron chi connectivity index (χ0n) is 16.8. The van der Waals surface area contributed by atoms with Gasteiger partial charge in [0.1, 0.15) is 0 Å². The number of sulfonamides is 1. The molecule has 0 N–H and O–H groups in total. The van der Waals surface area contributed by atoms with Crippen molar-refractivity contribution in [3.05, 3.63) is 64.1 Å². The molecule has 1 amide bonds. The van der Waals surface area contributed by atoms with Crippen LogP contribution in [0.2, 0.25) is 10.0 Å². The highest BCUT2D eigenvalue weighted by atomic mass is 35.5. The Bertz CT molecular complexity index is 975. The van der Waals surface area contributed by atoms with Gasteiger partial charge < -0.3 is 9.80 Å². The zero-order chi connectivity index (χ0) is 21.7. The second kappa shape index (κ2) is 10.1. The standard InChI is InChI=1S/C21H25Cl2N3O3S/c1-2-24-11-13-25(14-12-24)21(27)16-26(15-17-5-3-4-6-20(17)23)30(28,29)19-9-7-18(22)8-10-19/h3-10H,2,11-16H2,1H3. The first-order valence-corrected chi connectivity index (χ1v) is 12.0. The third-order valence-corrected chi connectivity index (χ3v) is 7.67. The van der Waals surface area contributed by atoms with Gasteiger partial charge in [0.2, 0.25) is 15.9 Å². The average molecular weight is 470 g/mol. The number of nitrogens with zero attached hydrogens (tertiary/aromatic N) is 3. The van der Waals surface area contributed by atoms with Gasteiger partial charge in [0, 0.05) is 42.8 Å². The van der Waals surface area contributed by atoms with Gasteiger partial charge in [0.15, 0.2) is 0 Å². The van der Waals surface area contributed by atoms with Crippen molar-refractivity contribution >= 4 is 39.1 Å². The lowest BCUT2D eigenvalue weighted by Crippen LogP contribution is -2.51. The molecule has 0 unspecified atom stereocenters. The Kier molecular flexibility index (Phi) is 7.76. The second-order valence-corrected chi connectivity index (χ2v) is 9.92. The van der Waals surface area contributed by atoms with E-state index in [-0.39, 0.29) is 23.9 Å². The molecule has 0 aliphatic carbocycles. The van der Waals surface area contributed by atoms with Crippen LogP contribution in [0.25, 0.3) is 0 Å². The fraction of sp³-hybridized carbons (Fsp3) is 0.381. The number of amides is 1. The molecule has 0 saturated carbocycles. The predicted molar refractivity (Wildman–Crippen MR) is 119 cm³/mol. The number of hydrogen-bond acceptors (Lipinski definition) is 4. The summed E-state index contributed by atoms with van der Waals surface area (Å²) >= 11 is 12.2. The van der Waals surface area contributed by atoms with Gasteiger partial charge in [-0.2, -0.15) is 4.31 Å². The molecule has 1 heterocycles. The molecule has 9 heteroatoms. The normalized spacial score (nSPS) is 15.5. The molecule has 1 aliphatic rings. The minimum absolute atomic E-state index is 0.00526. The second-order valence-electron chi connectivity index (χ2n) is 7.13. The molecule has 1 fully saturated rings. The first-order chi connectivity index (χ1) is 14.3. The number of rotatable bonds is 7. The number of benzene rings is 2. The van der Waals surface area contributed by atoms with E-state index in [2.05, 4.69) is 11.8 Å². The van der Waals surface area contributed by atoms with E-state index in [9.17, 15) is 13.2 Å². The molecule has 6 nitrogen and oxygen atoms in total. The fourth-order valence-electron chi connectivity index (χ4n) is 3.36. The van der Waals surface area contributed by atoms with Crippen LogP contribution in [-0.4, -0.2) is 67.7 Å². The van der Waals surface area contributed by atoms with Gasteiger partial charge in [0.25, 0.3) is 0 Å². The van der Waals surface area contributed by atoms with Crippen LogP contribution in [0, 0.1) is 0 Å². The Labute approximate surface area is 188 Å². The maximum atomic E-state index is 13.3. The summed E-state index contributed by atoms with van der Waals surface area (Å²) in [4.78, 5) is 17.0. The Morgan fingerprint density at radius 2 is 1.63 bits per heavy atom. The summed E-state index contributed by atoms with van der Waals surface area (Å²) in [5.74, 6) is -0.213. The van der Waals surface area contributed by atoms with Crippen LogP contribution in [0.4, 0.5) is 0 Å². The first kappa shape index (κ1) is 23.0. The molecule has 0 radical (unpaired) electrons. The number of piperazine rings is 1. The highest BCUT2D eigenvalue weighted by molar-refractivity contribution is 7.89. The van der Waals surface area contributed by atoms with Crippen molar-refractivity contribution in [3.63, 3.8) is 0 Å². The summed E-state index contributed by atoms with van der Waals surface area (Å²) in [5, 5.41) is 0.897. The highest BCUT2D eigenvalue weighted by Gasteiger charge is 2.30. The van der Waals surface area contributed by atoms with Gasteiger partial charge in [-0.3, -0.25) is 4.79 Å². The van der Waals surface area contributed by atoms with Crippen molar-refractivity contribution in [2.45, 2.75) is 18.4 Å². The van der Waals surface area contributed by atoms with E-state index in [1.807, 2.05) is 0 Å². The third kappa shape index (κ3) is 5.53. The molecule has 0 bridgehead atoms. The van der Waals surface area contributed by atoms with E-state index >= 15 is 0 Å². The smallest absolute Gasteiger partial charge is 0.243 e. The van der Waals surface area contributed by atoms with E-state index in [1.165, 1.54) is 28.6 Å². The van der Waals surface area contributed by atoms with E-state index < -0.39 is 10.0 Å². The topological polar surface area (TPSA) is 60.9 Å². The van der Waals surface area contributed by atoms with Crippen molar-refractivity contribution in [2.75, 3.05) is 39.3 Å². The van der Waals surface area contributed by atoms with Crippen molar-refractivity contribution in [1.29, 1.82) is 0 Å². The fourth-order valence-corrected chi connectivity index (χ4v) is 5.05. The van der Waals surface area contributed by atoms with E-state index in [4.69, 9.17) is 23.2 Å².